The highest BCUT2D eigenvalue weighted by molar-refractivity contribution is 5.92. The van der Waals surface area contributed by atoms with Gasteiger partial charge in [0.15, 0.2) is 0 Å². The average molecular weight is 280 g/mol. The van der Waals surface area contributed by atoms with E-state index in [0.717, 1.165) is 24.3 Å². The molecule has 2 amide bonds. The first-order chi connectivity index (χ1) is 9.47. The Hall–Kier alpha value is -2.24. The first kappa shape index (κ1) is 14.2. The number of rotatable bonds is 3. The van der Waals surface area contributed by atoms with Crippen LogP contribution in [0.5, 0.6) is 0 Å². The van der Waals surface area contributed by atoms with Gasteiger partial charge in [0.25, 0.3) is 0 Å². The third kappa shape index (κ3) is 3.20. The van der Waals surface area contributed by atoms with Gasteiger partial charge in [-0.2, -0.15) is 0 Å². The fraction of sp³-hybridized carbons (Fsp3) is 0.286. The van der Waals surface area contributed by atoms with Gasteiger partial charge in [-0.15, -0.1) is 0 Å². The number of nitrogens with one attached hydrogen (secondary N) is 1. The number of amides is 2. The summed E-state index contributed by atoms with van der Waals surface area (Å²) in [6, 6.07) is 3.22. The van der Waals surface area contributed by atoms with Crippen LogP contribution in [0.25, 0.3) is 6.08 Å². The van der Waals surface area contributed by atoms with Crippen LogP contribution in [0.1, 0.15) is 12.0 Å². The van der Waals surface area contributed by atoms with Gasteiger partial charge in [-0.1, -0.05) is 6.07 Å². The van der Waals surface area contributed by atoms with Gasteiger partial charge >= 0.3 is 0 Å². The van der Waals surface area contributed by atoms with Crippen LogP contribution in [-0.4, -0.2) is 36.3 Å². The Labute approximate surface area is 115 Å². The number of carbonyl (C=O) groups is 2. The van der Waals surface area contributed by atoms with E-state index in [9.17, 15) is 18.4 Å². The van der Waals surface area contributed by atoms with E-state index in [-0.39, 0.29) is 23.9 Å². The highest BCUT2D eigenvalue weighted by atomic mass is 19.1. The van der Waals surface area contributed by atoms with Crippen LogP contribution in [0.15, 0.2) is 24.3 Å². The van der Waals surface area contributed by atoms with Crippen molar-refractivity contribution in [3.63, 3.8) is 0 Å². The van der Waals surface area contributed by atoms with Crippen LogP contribution in [0.3, 0.4) is 0 Å². The largest absolute Gasteiger partial charge is 0.348 e. The molecule has 1 aromatic rings. The van der Waals surface area contributed by atoms with Crippen molar-refractivity contribution >= 4 is 17.9 Å². The summed E-state index contributed by atoms with van der Waals surface area (Å²) in [5.41, 5.74) is -0.262. The number of benzene rings is 1. The second-order valence-electron chi connectivity index (χ2n) is 4.65. The summed E-state index contributed by atoms with van der Waals surface area (Å²) in [5.74, 6) is -1.99. The maximum atomic E-state index is 13.3. The van der Waals surface area contributed by atoms with Crippen LogP contribution in [-0.2, 0) is 9.59 Å². The Balaban J connectivity index is 1.98. The lowest BCUT2D eigenvalue weighted by Crippen LogP contribution is -2.35. The van der Waals surface area contributed by atoms with Gasteiger partial charge < -0.3 is 10.2 Å². The van der Waals surface area contributed by atoms with E-state index < -0.39 is 17.5 Å². The summed E-state index contributed by atoms with van der Waals surface area (Å²) in [4.78, 5) is 24.4. The minimum atomic E-state index is -0.732. The molecule has 0 spiro atoms. The van der Waals surface area contributed by atoms with Crippen LogP contribution in [0.2, 0.25) is 0 Å². The van der Waals surface area contributed by atoms with Gasteiger partial charge in [-0.05, 0) is 18.2 Å². The molecule has 1 aliphatic heterocycles. The molecule has 1 heterocycles. The molecule has 106 valence electrons. The van der Waals surface area contributed by atoms with E-state index in [1.54, 1.807) is 7.05 Å². The van der Waals surface area contributed by atoms with Gasteiger partial charge in [0, 0.05) is 31.7 Å². The Morgan fingerprint density at radius 3 is 2.60 bits per heavy atom. The van der Waals surface area contributed by atoms with Crippen molar-refractivity contribution in [2.45, 2.75) is 12.5 Å². The summed E-state index contributed by atoms with van der Waals surface area (Å²) < 4.78 is 26.7. The Kier molecular flexibility index (Phi) is 4.12. The summed E-state index contributed by atoms with van der Waals surface area (Å²) >= 11 is 0. The lowest BCUT2D eigenvalue weighted by atomic mass is 10.2. The lowest BCUT2D eigenvalue weighted by Gasteiger charge is -2.10. The van der Waals surface area contributed by atoms with Crippen LogP contribution < -0.4 is 5.32 Å². The van der Waals surface area contributed by atoms with E-state index in [4.69, 9.17) is 0 Å². The van der Waals surface area contributed by atoms with Crippen molar-refractivity contribution in [3.05, 3.63) is 41.5 Å². The zero-order valence-electron chi connectivity index (χ0n) is 10.9. The van der Waals surface area contributed by atoms with Crippen molar-refractivity contribution in [2.75, 3.05) is 13.6 Å². The smallest absolute Gasteiger partial charge is 0.244 e. The zero-order valence-corrected chi connectivity index (χ0v) is 10.9. The molecule has 1 aliphatic rings. The molecule has 4 nitrogen and oxygen atoms in total. The molecule has 0 aromatic heterocycles. The van der Waals surface area contributed by atoms with E-state index in [1.807, 2.05) is 0 Å². The molecule has 1 atom stereocenters. The van der Waals surface area contributed by atoms with Gasteiger partial charge in [-0.25, -0.2) is 8.78 Å². The Morgan fingerprint density at radius 1 is 1.40 bits per heavy atom. The van der Waals surface area contributed by atoms with Gasteiger partial charge in [-0.3, -0.25) is 9.59 Å². The molecule has 1 saturated heterocycles. The molecule has 1 N–H and O–H groups in total. The van der Waals surface area contributed by atoms with Gasteiger partial charge in [0.1, 0.15) is 11.6 Å². The summed E-state index contributed by atoms with van der Waals surface area (Å²) in [6.45, 7) is 0.437. The van der Waals surface area contributed by atoms with E-state index in [2.05, 4.69) is 5.32 Å². The Bertz CT molecular complexity index is 552. The molecule has 1 unspecified atom stereocenters. The Morgan fingerprint density at radius 2 is 2.05 bits per heavy atom. The molecule has 0 saturated carbocycles. The monoisotopic (exact) mass is 280 g/mol. The zero-order chi connectivity index (χ0) is 14.7. The van der Waals surface area contributed by atoms with Crippen LogP contribution >= 0.6 is 0 Å². The number of likely N-dealkylation sites (tertiary alicyclic amines) is 1. The third-order valence-electron chi connectivity index (χ3n) is 3.09. The maximum Gasteiger partial charge on any atom is 0.244 e. The molecule has 2 rings (SSSR count). The number of carbonyl (C=O) groups excluding carboxylic acids is 2. The molecule has 0 bridgehead atoms. The average Bonchev–Trinajstić information content (AvgIpc) is 2.67. The highest BCUT2D eigenvalue weighted by Crippen LogP contribution is 2.13. The SMILES string of the molecule is CN1CC(NC(=O)/C=C/c2c(F)cccc2F)CC1=O. The molecular formula is C14H14F2N2O2. The number of halogens is 2. The van der Waals surface area contributed by atoms with Crippen molar-refractivity contribution in [1.29, 1.82) is 0 Å². The van der Waals surface area contributed by atoms with Gasteiger partial charge in [0.05, 0.1) is 6.04 Å². The predicted octanol–water partition coefficient (Wildman–Crippen LogP) is 1.32. The molecule has 1 aromatic carbocycles. The van der Waals surface area contributed by atoms with Crippen molar-refractivity contribution in [3.8, 4) is 0 Å². The van der Waals surface area contributed by atoms with Crippen molar-refractivity contribution in [1.82, 2.24) is 10.2 Å². The molecular weight excluding hydrogens is 266 g/mol. The quantitative estimate of drug-likeness (QED) is 0.849. The van der Waals surface area contributed by atoms with E-state index in [1.165, 1.54) is 11.0 Å². The first-order valence-electron chi connectivity index (χ1n) is 6.14. The fourth-order valence-electron chi connectivity index (χ4n) is 2.04. The topological polar surface area (TPSA) is 49.4 Å². The summed E-state index contributed by atoms with van der Waals surface area (Å²) in [7, 11) is 1.65. The molecule has 0 aliphatic carbocycles. The normalized spacial score (nSPS) is 18.9. The molecule has 0 radical (unpaired) electrons. The van der Waals surface area contributed by atoms with Crippen LogP contribution in [0, 0.1) is 11.6 Å². The maximum absolute atomic E-state index is 13.3. The second kappa shape index (κ2) is 5.81. The number of hydrogen-bond donors (Lipinski definition) is 1. The number of likely N-dealkylation sites (N-methyl/N-ethyl adjacent to an activating group) is 1. The number of hydrogen-bond acceptors (Lipinski definition) is 2. The van der Waals surface area contributed by atoms with Crippen LogP contribution in [0.4, 0.5) is 8.78 Å². The van der Waals surface area contributed by atoms with Crippen molar-refractivity contribution < 1.29 is 18.4 Å². The van der Waals surface area contributed by atoms with Crippen molar-refractivity contribution in [2.24, 2.45) is 0 Å². The predicted molar refractivity (Wildman–Crippen MR) is 69.6 cm³/mol. The van der Waals surface area contributed by atoms with E-state index in [0.29, 0.717) is 6.54 Å². The number of nitrogens with zero attached hydrogens (tertiary/aromatic N) is 1. The summed E-state index contributed by atoms with van der Waals surface area (Å²) in [5, 5.41) is 2.62. The third-order valence-corrected chi connectivity index (χ3v) is 3.09. The lowest BCUT2D eigenvalue weighted by molar-refractivity contribution is -0.126. The summed E-state index contributed by atoms with van der Waals surface area (Å²) in [6.07, 6.45) is 2.38. The molecule has 1 fully saturated rings. The standard InChI is InChI=1S/C14H14F2N2O2/c1-18-8-9(7-14(18)20)17-13(19)6-5-10-11(15)3-2-4-12(10)16/h2-6,9H,7-8H2,1H3,(H,17,19)/b6-5+. The minimum Gasteiger partial charge on any atom is -0.348 e. The minimum absolute atomic E-state index is 0.0422. The van der Waals surface area contributed by atoms with E-state index >= 15 is 0 Å². The highest BCUT2D eigenvalue weighted by Gasteiger charge is 2.27. The first-order valence-corrected chi connectivity index (χ1v) is 6.14. The van der Waals surface area contributed by atoms with Gasteiger partial charge in [0.2, 0.25) is 11.8 Å². The molecule has 20 heavy (non-hydrogen) atoms. The fourth-order valence-corrected chi connectivity index (χ4v) is 2.04. The second-order valence-corrected chi connectivity index (χ2v) is 4.65. The molecule has 6 heteroatoms.